The molecular weight excluding hydrogens is 264 g/mol. The number of nitrogens with two attached hydrogens (primary N) is 2. The number of hydrogen-bond donors (Lipinski definition) is 2. The number of methoxy groups -OCH3 is 1. The molecule has 0 aromatic heterocycles. The third kappa shape index (κ3) is 2.69. The van der Waals surface area contributed by atoms with Crippen molar-refractivity contribution in [2.45, 2.75) is 4.90 Å². The number of para-hydroxylation sites is 1. The van der Waals surface area contributed by atoms with Crippen molar-refractivity contribution in [2.75, 3.05) is 12.8 Å². The molecule has 0 unspecified atom stereocenters. The molecule has 2 aromatic rings. The number of primary sulfonamides is 1. The van der Waals surface area contributed by atoms with Gasteiger partial charge in [0.2, 0.25) is 10.0 Å². The Morgan fingerprint density at radius 2 is 1.79 bits per heavy atom. The van der Waals surface area contributed by atoms with Crippen LogP contribution in [0.4, 0.5) is 5.69 Å². The molecule has 19 heavy (non-hydrogen) atoms. The van der Waals surface area contributed by atoms with E-state index in [9.17, 15) is 8.42 Å². The van der Waals surface area contributed by atoms with Crippen LogP contribution in [0.3, 0.4) is 0 Å². The lowest BCUT2D eigenvalue weighted by Crippen LogP contribution is -2.14. The number of hydrogen-bond acceptors (Lipinski definition) is 4. The zero-order valence-corrected chi connectivity index (χ0v) is 11.1. The van der Waals surface area contributed by atoms with Gasteiger partial charge < -0.3 is 10.5 Å². The molecule has 0 spiro atoms. The van der Waals surface area contributed by atoms with E-state index in [1.54, 1.807) is 19.2 Å². The summed E-state index contributed by atoms with van der Waals surface area (Å²) in [4.78, 5) is -0.0776. The van der Waals surface area contributed by atoms with Gasteiger partial charge in [-0.05, 0) is 23.8 Å². The monoisotopic (exact) mass is 278 g/mol. The van der Waals surface area contributed by atoms with E-state index >= 15 is 0 Å². The second-order valence-electron chi connectivity index (χ2n) is 4.00. The van der Waals surface area contributed by atoms with Crippen LogP contribution in [0.25, 0.3) is 11.1 Å². The molecule has 0 amide bonds. The minimum Gasteiger partial charge on any atom is -0.496 e. The average molecular weight is 278 g/mol. The first kappa shape index (κ1) is 13.4. The zero-order chi connectivity index (χ0) is 14.0. The fourth-order valence-corrected chi connectivity index (χ4v) is 2.50. The average Bonchev–Trinajstić information content (AvgIpc) is 2.37. The molecule has 5 nitrogen and oxygen atoms in total. The topological polar surface area (TPSA) is 95.4 Å². The molecule has 2 rings (SSSR count). The molecule has 100 valence electrons. The number of anilines is 1. The summed E-state index contributed by atoms with van der Waals surface area (Å²) in [5.74, 6) is 0.685. The first-order valence-corrected chi connectivity index (χ1v) is 7.04. The van der Waals surface area contributed by atoms with Crippen molar-refractivity contribution in [3.63, 3.8) is 0 Å². The van der Waals surface area contributed by atoms with Crippen molar-refractivity contribution in [2.24, 2.45) is 5.14 Å². The van der Waals surface area contributed by atoms with Gasteiger partial charge in [0, 0.05) is 5.56 Å². The van der Waals surface area contributed by atoms with Crippen LogP contribution >= 0.6 is 0 Å². The molecule has 0 bridgehead atoms. The van der Waals surface area contributed by atoms with Crippen LogP contribution in [-0.4, -0.2) is 15.5 Å². The van der Waals surface area contributed by atoms with Crippen molar-refractivity contribution in [3.8, 4) is 16.9 Å². The largest absolute Gasteiger partial charge is 0.496 e. The summed E-state index contributed by atoms with van der Waals surface area (Å²) < 4.78 is 27.8. The maximum Gasteiger partial charge on any atom is 0.240 e. The van der Waals surface area contributed by atoms with Crippen LogP contribution in [-0.2, 0) is 10.0 Å². The van der Waals surface area contributed by atoms with Gasteiger partial charge in [-0.2, -0.15) is 0 Å². The highest BCUT2D eigenvalue weighted by Crippen LogP contribution is 2.32. The molecular formula is C13H14N2O3S. The Bertz CT molecular complexity index is 712. The predicted molar refractivity (Wildman–Crippen MR) is 74.2 cm³/mol. The van der Waals surface area contributed by atoms with Crippen molar-refractivity contribution < 1.29 is 13.2 Å². The fraction of sp³-hybridized carbons (Fsp3) is 0.0769. The molecule has 0 atom stereocenters. The fourth-order valence-electron chi connectivity index (χ4n) is 1.86. The summed E-state index contributed by atoms with van der Waals surface area (Å²) >= 11 is 0. The van der Waals surface area contributed by atoms with E-state index in [1.807, 2.05) is 24.3 Å². The van der Waals surface area contributed by atoms with Crippen molar-refractivity contribution in [3.05, 3.63) is 42.5 Å². The quantitative estimate of drug-likeness (QED) is 0.833. The summed E-state index contributed by atoms with van der Waals surface area (Å²) in [6.07, 6.45) is 0. The van der Waals surface area contributed by atoms with Crippen LogP contribution in [0.1, 0.15) is 0 Å². The van der Waals surface area contributed by atoms with Gasteiger partial charge in [-0.3, -0.25) is 0 Å². The highest BCUT2D eigenvalue weighted by atomic mass is 32.2. The van der Waals surface area contributed by atoms with E-state index in [4.69, 9.17) is 15.6 Å². The van der Waals surface area contributed by atoms with Crippen molar-refractivity contribution in [1.29, 1.82) is 0 Å². The Morgan fingerprint density at radius 1 is 1.11 bits per heavy atom. The van der Waals surface area contributed by atoms with Gasteiger partial charge >= 0.3 is 0 Å². The second kappa shape index (κ2) is 4.91. The Kier molecular flexibility index (Phi) is 3.46. The molecule has 0 fully saturated rings. The molecule has 2 aromatic carbocycles. The van der Waals surface area contributed by atoms with Gasteiger partial charge in [0.15, 0.2) is 0 Å². The summed E-state index contributed by atoms with van der Waals surface area (Å²) in [6.45, 7) is 0. The van der Waals surface area contributed by atoms with Crippen LogP contribution in [0.15, 0.2) is 47.4 Å². The van der Waals surface area contributed by atoms with Crippen molar-refractivity contribution >= 4 is 15.7 Å². The zero-order valence-electron chi connectivity index (χ0n) is 10.3. The molecule has 0 heterocycles. The third-order valence-corrected chi connectivity index (χ3v) is 3.72. The number of nitrogen functional groups attached to an aromatic ring is 1. The number of ether oxygens (including phenoxy) is 1. The molecule has 0 radical (unpaired) electrons. The minimum absolute atomic E-state index is 0.0776. The lowest BCUT2D eigenvalue weighted by molar-refractivity contribution is 0.416. The molecule has 0 aliphatic heterocycles. The first-order valence-electron chi connectivity index (χ1n) is 5.49. The van der Waals surface area contributed by atoms with Gasteiger partial charge in [-0.15, -0.1) is 0 Å². The smallest absolute Gasteiger partial charge is 0.240 e. The van der Waals surface area contributed by atoms with E-state index in [0.29, 0.717) is 5.75 Å². The minimum atomic E-state index is -3.80. The van der Waals surface area contributed by atoms with E-state index < -0.39 is 10.0 Å². The summed E-state index contributed by atoms with van der Waals surface area (Å²) in [5.41, 5.74) is 7.45. The van der Waals surface area contributed by atoms with Gasteiger partial charge in [0.05, 0.1) is 12.8 Å². The maximum atomic E-state index is 11.3. The van der Waals surface area contributed by atoms with Gasteiger partial charge in [0.1, 0.15) is 10.6 Å². The molecule has 4 N–H and O–H groups in total. The second-order valence-corrected chi connectivity index (χ2v) is 5.53. The van der Waals surface area contributed by atoms with E-state index in [-0.39, 0.29) is 10.6 Å². The molecule has 0 aliphatic rings. The normalized spacial score (nSPS) is 11.3. The van der Waals surface area contributed by atoms with Crippen molar-refractivity contribution in [1.82, 2.24) is 0 Å². The van der Waals surface area contributed by atoms with Gasteiger partial charge in [0.25, 0.3) is 0 Å². The highest BCUT2D eigenvalue weighted by Gasteiger charge is 2.14. The van der Waals surface area contributed by atoms with E-state index in [1.165, 1.54) is 6.07 Å². The van der Waals surface area contributed by atoms with E-state index in [2.05, 4.69) is 0 Å². The maximum absolute atomic E-state index is 11.3. The van der Waals surface area contributed by atoms with Gasteiger partial charge in [-0.1, -0.05) is 24.3 Å². The SMILES string of the molecule is COc1ccccc1-c1ccc(S(N)(=O)=O)c(N)c1. The molecule has 0 saturated heterocycles. The Balaban J connectivity index is 2.57. The molecule has 6 heteroatoms. The summed E-state index contributed by atoms with van der Waals surface area (Å²) in [5, 5.41) is 5.07. The number of benzene rings is 2. The standard InChI is InChI=1S/C13H14N2O3S/c1-18-12-5-3-2-4-10(12)9-6-7-13(11(14)8-9)19(15,16)17/h2-8H,14H2,1H3,(H2,15,16,17). The van der Waals surface area contributed by atoms with Crippen LogP contribution in [0.5, 0.6) is 5.75 Å². The Morgan fingerprint density at radius 3 is 2.37 bits per heavy atom. The Hall–Kier alpha value is -2.05. The van der Waals surface area contributed by atoms with Crippen LogP contribution in [0, 0.1) is 0 Å². The number of sulfonamides is 1. The predicted octanol–water partition coefficient (Wildman–Crippen LogP) is 1.59. The molecule has 0 saturated carbocycles. The highest BCUT2D eigenvalue weighted by molar-refractivity contribution is 7.89. The Labute approximate surface area is 111 Å². The lowest BCUT2D eigenvalue weighted by Gasteiger charge is -2.10. The van der Waals surface area contributed by atoms with E-state index in [0.717, 1.165) is 11.1 Å². The summed E-state index contributed by atoms with van der Waals surface area (Å²) in [7, 11) is -2.23. The van der Waals surface area contributed by atoms with Crippen LogP contribution < -0.4 is 15.6 Å². The van der Waals surface area contributed by atoms with Gasteiger partial charge in [-0.25, -0.2) is 13.6 Å². The lowest BCUT2D eigenvalue weighted by atomic mass is 10.0. The number of rotatable bonds is 3. The summed E-state index contributed by atoms with van der Waals surface area (Å²) in [6, 6.07) is 12.0. The third-order valence-electron chi connectivity index (χ3n) is 2.73. The van der Waals surface area contributed by atoms with Crippen LogP contribution in [0.2, 0.25) is 0 Å². The first-order chi connectivity index (χ1) is 8.93. The molecule has 0 aliphatic carbocycles.